The van der Waals surface area contributed by atoms with Crippen molar-refractivity contribution in [2.45, 2.75) is 29.4 Å². The fourth-order valence-electron chi connectivity index (χ4n) is 2.11. The minimum atomic E-state index is -3.57. The Morgan fingerprint density at radius 1 is 1.55 bits per heavy atom. The second-order valence-corrected chi connectivity index (χ2v) is 9.31. The second-order valence-electron chi connectivity index (χ2n) is 4.98. The van der Waals surface area contributed by atoms with Crippen LogP contribution in [0.15, 0.2) is 21.6 Å². The third kappa shape index (κ3) is 3.66. The van der Waals surface area contributed by atoms with E-state index in [2.05, 4.69) is 37.9 Å². The Morgan fingerprint density at radius 2 is 2.30 bits per heavy atom. The van der Waals surface area contributed by atoms with Gasteiger partial charge in [0, 0.05) is 29.0 Å². The van der Waals surface area contributed by atoms with Crippen LogP contribution in [0, 0.1) is 0 Å². The number of thioether (sulfide) groups is 1. The molecule has 8 heteroatoms. The summed E-state index contributed by atoms with van der Waals surface area (Å²) in [7, 11) is -1.91. The summed E-state index contributed by atoms with van der Waals surface area (Å²) in [5, 5.41) is 2.81. The van der Waals surface area contributed by atoms with Gasteiger partial charge in [-0.3, -0.25) is 0 Å². The first-order valence-corrected chi connectivity index (χ1v) is 9.59. The van der Waals surface area contributed by atoms with Crippen LogP contribution < -0.4 is 10.0 Å². The van der Waals surface area contributed by atoms with Gasteiger partial charge in [0.1, 0.15) is 10.7 Å². The Kier molecular flexibility index (Phi) is 4.99. The number of rotatable bonds is 5. The number of nitrogens with zero attached hydrogens (tertiary/aromatic N) is 1. The van der Waals surface area contributed by atoms with Crippen molar-refractivity contribution in [1.29, 1.82) is 0 Å². The zero-order chi connectivity index (χ0) is 14.8. The highest BCUT2D eigenvalue weighted by atomic mass is 79.9. The van der Waals surface area contributed by atoms with Gasteiger partial charge in [-0.2, -0.15) is 11.8 Å². The average molecular weight is 380 g/mol. The van der Waals surface area contributed by atoms with E-state index in [9.17, 15) is 8.42 Å². The molecule has 0 aliphatic carbocycles. The fraction of sp³-hybridized carbons (Fsp3) is 0.583. The largest absolute Gasteiger partial charge is 0.372 e. The van der Waals surface area contributed by atoms with Crippen LogP contribution in [0.4, 0.5) is 5.82 Å². The summed E-state index contributed by atoms with van der Waals surface area (Å²) in [4.78, 5) is 4.25. The number of sulfonamides is 1. The number of hydrogen-bond acceptors (Lipinski definition) is 5. The number of nitrogens with one attached hydrogen (secondary N) is 2. The molecule has 0 radical (unpaired) electrons. The van der Waals surface area contributed by atoms with E-state index in [-0.39, 0.29) is 9.64 Å². The summed E-state index contributed by atoms with van der Waals surface area (Å²) >= 11 is 5.09. The van der Waals surface area contributed by atoms with Gasteiger partial charge in [-0.25, -0.2) is 18.1 Å². The van der Waals surface area contributed by atoms with Gasteiger partial charge in [0.2, 0.25) is 10.0 Å². The van der Waals surface area contributed by atoms with Crippen LogP contribution >= 0.6 is 27.7 Å². The van der Waals surface area contributed by atoms with E-state index in [1.165, 1.54) is 0 Å². The summed E-state index contributed by atoms with van der Waals surface area (Å²) in [6.07, 6.45) is 3.75. The van der Waals surface area contributed by atoms with Gasteiger partial charge >= 0.3 is 0 Å². The van der Waals surface area contributed by atoms with Gasteiger partial charge in [0.05, 0.1) is 0 Å². The van der Waals surface area contributed by atoms with Crippen LogP contribution in [0.3, 0.4) is 0 Å². The van der Waals surface area contributed by atoms with Gasteiger partial charge in [-0.1, -0.05) is 0 Å². The van der Waals surface area contributed by atoms with Crippen molar-refractivity contribution in [3.8, 4) is 0 Å². The first-order chi connectivity index (χ1) is 9.36. The predicted octanol–water partition coefficient (Wildman–Crippen LogP) is 2.45. The molecule has 0 saturated carbocycles. The molecule has 0 spiro atoms. The third-order valence-corrected chi connectivity index (χ3v) is 6.67. The molecule has 2 heterocycles. The molecule has 2 rings (SSSR count). The maximum Gasteiger partial charge on any atom is 0.244 e. The number of halogens is 1. The molecule has 0 aromatic carbocycles. The number of hydrogen-bond donors (Lipinski definition) is 2. The van der Waals surface area contributed by atoms with Crippen LogP contribution in [0.1, 0.15) is 19.8 Å². The van der Waals surface area contributed by atoms with Crippen LogP contribution in [0.2, 0.25) is 0 Å². The zero-order valence-corrected chi connectivity index (χ0v) is 14.7. The van der Waals surface area contributed by atoms with Crippen molar-refractivity contribution in [2.24, 2.45) is 0 Å². The highest BCUT2D eigenvalue weighted by Gasteiger charge is 2.31. The Labute approximate surface area is 132 Å². The molecule has 1 aliphatic heterocycles. The Bertz CT molecular complexity index is 586. The van der Waals surface area contributed by atoms with Gasteiger partial charge in [0.25, 0.3) is 0 Å². The van der Waals surface area contributed by atoms with Gasteiger partial charge < -0.3 is 5.32 Å². The van der Waals surface area contributed by atoms with E-state index in [0.717, 1.165) is 18.6 Å². The quantitative estimate of drug-likeness (QED) is 0.821. The molecule has 0 bridgehead atoms. The maximum absolute atomic E-state index is 12.4. The minimum Gasteiger partial charge on any atom is -0.372 e. The summed E-state index contributed by atoms with van der Waals surface area (Å²) in [6, 6.07) is 1.56. The van der Waals surface area contributed by atoms with E-state index in [0.29, 0.717) is 16.8 Å². The fourth-order valence-corrected chi connectivity index (χ4v) is 5.29. The van der Waals surface area contributed by atoms with Gasteiger partial charge in [-0.05, 0) is 47.5 Å². The number of aromatic nitrogens is 1. The van der Waals surface area contributed by atoms with Crippen molar-refractivity contribution in [1.82, 2.24) is 9.71 Å². The monoisotopic (exact) mass is 379 g/mol. The topological polar surface area (TPSA) is 71.1 Å². The van der Waals surface area contributed by atoms with Crippen LogP contribution in [-0.4, -0.2) is 37.5 Å². The lowest BCUT2D eigenvalue weighted by Gasteiger charge is -2.23. The highest BCUT2D eigenvalue weighted by molar-refractivity contribution is 9.10. The van der Waals surface area contributed by atoms with E-state index < -0.39 is 10.0 Å². The standard InChI is InChI=1S/C12H18BrN3O2S2/c1-12(4-3-5-19-12)8-16-20(17,18)10-6-9(13)7-15-11(10)14-2/h6-7,16H,3-5,8H2,1-2H3,(H,14,15). The van der Waals surface area contributed by atoms with E-state index >= 15 is 0 Å². The first-order valence-electron chi connectivity index (χ1n) is 6.33. The van der Waals surface area contributed by atoms with E-state index in [4.69, 9.17) is 0 Å². The highest BCUT2D eigenvalue weighted by Crippen LogP contribution is 2.37. The Morgan fingerprint density at radius 3 is 2.90 bits per heavy atom. The van der Waals surface area contributed by atoms with Crippen LogP contribution in [-0.2, 0) is 10.0 Å². The first kappa shape index (κ1) is 16.1. The molecule has 0 amide bonds. The van der Waals surface area contributed by atoms with Crippen molar-refractivity contribution < 1.29 is 8.42 Å². The lowest BCUT2D eigenvalue weighted by molar-refractivity contribution is 0.552. The molecule has 5 nitrogen and oxygen atoms in total. The molecule has 2 N–H and O–H groups in total. The molecule has 112 valence electrons. The zero-order valence-electron chi connectivity index (χ0n) is 11.4. The lowest BCUT2D eigenvalue weighted by Crippen LogP contribution is -2.37. The molecule has 1 saturated heterocycles. The Hall–Kier alpha value is -0.310. The average Bonchev–Trinajstić information content (AvgIpc) is 2.84. The van der Waals surface area contributed by atoms with Crippen molar-refractivity contribution >= 4 is 43.5 Å². The van der Waals surface area contributed by atoms with Gasteiger partial charge in [-0.15, -0.1) is 0 Å². The maximum atomic E-state index is 12.4. The molecule has 1 aliphatic rings. The van der Waals surface area contributed by atoms with Crippen molar-refractivity contribution in [3.63, 3.8) is 0 Å². The van der Waals surface area contributed by atoms with Crippen molar-refractivity contribution in [2.75, 3.05) is 24.7 Å². The molecule has 1 atom stereocenters. The minimum absolute atomic E-state index is 0.00762. The van der Waals surface area contributed by atoms with E-state index in [1.54, 1.807) is 19.3 Å². The smallest absolute Gasteiger partial charge is 0.244 e. The Balaban J connectivity index is 2.20. The summed E-state index contributed by atoms with van der Waals surface area (Å²) in [6.45, 7) is 2.54. The molecule has 1 aromatic heterocycles. The summed E-state index contributed by atoms with van der Waals surface area (Å²) < 4.78 is 28.2. The molecule has 1 unspecified atom stereocenters. The van der Waals surface area contributed by atoms with Crippen molar-refractivity contribution in [3.05, 3.63) is 16.7 Å². The molecule has 1 aromatic rings. The van der Waals surface area contributed by atoms with Crippen LogP contribution in [0.5, 0.6) is 0 Å². The second kappa shape index (κ2) is 6.21. The molecule has 20 heavy (non-hydrogen) atoms. The lowest BCUT2D eigenvalue weighted by atomic mass is 10.1. The molecule has 1 fully saturated rings. The number of anilines is 1. The predicted molar refractivity (Wildman–Crippen MR) is 86.8 cm³/mol. The van der Waals surface area contributed by atoms with E-state index in [1.807, 2.05) is 11.8 Å². The summed E-state index contributed by atoms with van der Waals surface area (Å²) in [5.74, 6) is 1.45. The normalized spacial score (nSPS) is 22.9. The number of pyridine rings is 1. The molecular weight excluding hydrogens is 362 g/mol. The summed E-state index contributed by atoms with van der Waals surface area (Å²) in [5.41, 5.74) is 0. The third-order valence-electron chi connectivity index (χ3n) is 3.28. The van der Waals surface area contributed by atoms with Gasteiger partial charge in [0.15, 0.2) is 0 Å². The molecular formula is C12H18BrN3O2S2. The van der Waals surface area contributed by atoms with Crippen LogP contribution in [0.25, 0.3) is 0 Å². The SMILES string of the molecule is CNc1ncc(Br)cc1S(=O)(=O)NCC1(C)CCCS1.